The predicted molar refractivity (Wildman–Crippen MR) is 79.3 cm³/mol. The molecule has 0 aliphatic carbocycles. The third-order valence-electron chi connectivity index (χ3n) is 2.34. The van der Waals surface area contributed by atoms with E-state index in [1.54, 1.807) is 12.1 Å². The van der Waals surface area contributed by atoms with Crippen LogP contribution in [0.1, 0.15) is 6.92 Å². The molecule has 18 heavy (non-hydrogen) atoms. The van der Waals surface area contributed by atoms with Crippen molar-refractivity contribution in [1.82, 2.24) is 4.72 Å². The lowest BCUT2D eigenvalue weighted by Gasteiger charge is -2.26. The van der Waals surface area contributed by atoms with Crippen molar-refractivity contribution < 1.29 is 13.2 Å². The van der Waals surface area contributed by atoms with Crippen LogP contribution in [-0.4, -0.2) is 31.7 Å². The SMILES string of the molecule is COc1ccc(S(=O)(=O)NC(C)(CBr)CBr)cc1. The molecule has 0 saturated heterocycles. The number of alkyl halides is 2. The van der Waals surface area contributed by atoms with Crippen LogP contribution in [0, 0.1) is 0 Å². The van der Waals surface area contributed by atoms with Gasteiger partial charge in [-0.25, -0.2) is 13.1 Å². The Kier molecular flexibility index (Phi) is 5.64. The maximum atomic E-state index is 12.2. The summed E-state index contributed by atoms with van der Waals surface area (Å²) < 4.78 is 32.0. The Morgan fingerprint density at radius 2 is 1.72 bits per heavy atom. The fourth-order valence-electron chi connectivity index (χ4n) is 1.23. The van der Waals surface area contributed by atoms with Crippen LogP contribution in [0.5, 0.6) is 5.75 Å². The molecule has 0 bridgehead atoms. The summed E-state index contributed by atoms with van der Waals surface area (Å²) >= 11 is 6.61. The van der Waals surface area contributed by atoms with Gasteiger partial charge in [-0.2, -0.15) is 0 Å². The van der Waals surface area contributed by atoms with Crippen LogP contribution in [0.25, 0.3) is 0 Å². The molecule has 0 spiro atoms. The first kappa shape index (κ1) is 15.9. The van der Waals surface area contributed by atoms with E-state index in [1.165, 1.54) is 19.2 Å². The zero-order valence-electron chi connectivity index (χ0n) is 10.1. The molecule has 1 aromatic carbocycles. The lowest BCUT2D eigenvalue weighted by molar-refractivity contribution is 0.414. The highest BCUT2D eigenvalue weighted by atomic mass is 79.9. The first-order chi connectivity index (χ1) is 8.37. The van der Waals surface area contributed by atoms with E-state index in [1.807, 2.05) is 6.92 Å². The number of halogens is 2. The minimum atomic E-state index is -3.53. The van der Waals surface area contributed by atoms with E-state index < -0.39 is 15.6 Å². The minimum absolute atomic E-state index is 0.219. The fraction of sp³-hybridized carbons (Fsp3) is 0.455. The monoisotopic (exact) mass is 399 g/mol. The van der Waals surface area contributed by atoms with Crippen LogP contribution < -0.4 is 9.46 Å². The normalized spacial score (nSPS) is 12.4. The van der Waals surface area contributed by atoms with E-state index in [0.29, 0.717) is 16.4 Å². The molecule has 0 aromatic heterocycles. The van der Waals surface area contributed by atoms with E-state index >= 15 is 0 Å². The second-order valence-corrected chi connectivity index (χ2v) is 6.91. The second-order valence-electron chi connectivity index (χ2n) is 4.11. The van der Waals surface area contributed by atoms with E-state index in [2.05, 4.69) is 36.6 Å². The van der Waals surface area contributed by atoms with Gasteiger partial charge in [0.25, 0.3) is 0 Å². The van der Waals surface area contributed by atoms with Crippen LogP contribution in [0.2, 0.25) is 0 Å². The van der Waals surface area contributed by atoms with Gasteiger partial charge in [-0.05, 0) is 31.2 Å². The molecule has 0 saturated carbocycles. The summed E-state index contributed by atoms with van der Waals surface area (Å²) in [4.78, 5) is 0.219. The molecule has 0 fully saturated rings. The van der Waals surface area contributed by atoms with Crippen molar-refractivity contribution >= 4 is 41.9 Å². The van der Waals surface area contributed by atoms with E-state index in [-0.39, 0.29) is 4.90 Å². The van der Waals surface area contributed by atoms with Crippen molar-refractivity contribution in [3.63, 3.8) is 0 Å². The molecule has 7 heteroatoms. The first-order valence-corrected chi connectivity index (χ1v) is 8.89. The van der Waals surface area contributed by atoms with Gasteiger partial charge in [-0.3, -0.25) is 0 Å². The van der Waals surface area contributed by atoms with Gasteiger partial charge in [0.15, 0.2) is 0 Å². The summed E-state index contributed by atoms with van der Waals surface area (Å²) in [5, 5.41) is 1.03. The minimum Gasteiger partial charge on any atom is -0.497 e. The van der Waals surface area contributed by atoms with Crippen molar-refractivity contribution in [2.45, 2.75) is 17.4 Å². The number of hydrogen-bond donors (Lipinski definition) is 1. The molecule has 0 atom stereocenters. The molecular formula is C11H15Br2NO3S. The maximum absolute atomic E-state index is 12.2. The average molecular weight is 401 g/mol. The number of benzene rings is 1. The fourth-order valence-corrected chi connectivity index (χ4v) is 4.21. The summed E-state index contributed by atoms with van der Waals surface area (Å²) in [6.45, 7) is 1.82. The number of ether oxygens (including phenoxy) is 1. The lowest BCUT2D eigenvalue weighted by Crippen LogP contribution is -2.48. The lowest BCUT2D eigenvalue weighted by atomic mass is 10.1. The van der Waals surface area contributed by atoms with Gasteiger partial charge < -0.3 is 4.74 Å². The van der Waals surface area contributed by atoms with Crippen molar-refractivity contribution in [2.24, 2.45) is 0 Å². The molecule has 0 unspecified atom stereocenters. The van der Waals surface area contributed by atoms with Crippen LogP contribution >= 0.6 is 31.9 Å². The number of sulfonamides is 1. The Morgan fingerprint density at radius 3 is 2.11 bits per heavy atom. The van der Waals surface area contributed by atoms with Gasteiger partial charge >= 0.3 is 0 Å². The Morgan fingerprint density at radius 1 is 1.22 bits per heavy atom. The molecule has 102 valence electrons. The van der Waals surface area contributed by atoms with Crippen molar-refractivity contribution in [2.75, 3.05) is 17.8 Å². The molecule has 0 amide bonds. The third kappa shape index (κ3) is 3.94. The van der Waals surface area contributed by atoms with Crippen LogP contribution in [-0.2, 0) is 10.0 Å². The highest BCUT2D eigenvalue weighted by Crippen LogP contribution is 2.19. The van der Waals surface area contributed by atoms with Gasteiger partial charge in [0.2, 0.25) is 10.0 Å². The molecule has 0 aliphatic heterocycles. The summed E-state index contributed by atoms with van der Waals surface area (Å²) in [5.41, 5.74) is -0.571. The van der Waals surface area contributed by atoms with Crippen LogP contribution in [0.4, 0.5) is 0 Å². The van der Waals surface area contributed by atoms with Crippen molar-refractivity contribution in [3.8, 4) is 5.75 Å². The number of hydrogen-bond acceptors (Lipinski definition) is 3. The van der Waals surface area contributed by atoms with E-state index in [9.17, 15) is 8.42 Å². The Hall–Kier alpha value is -0.110. The van der Waals surface area contributed by atoms with Crippen molar-refractivity contribution in [1.29, 1.82) is 0 Å². The smallest absolute Gasteiger partial charge is 0.241 e. The maximum Gasteiger partial charge on any atom is 0.241 e. The second kappa shape index (κ2) is 6.36. The number of rotatable bonds is 6. The Bertz CT molecular complexity index is 484. The molecule has 4 nitrogen and oxygen atoms in total. The first-order valence-electron chi connectivity index (χ1n) is 5.17. The largest absolute Gasteiger partial charge is 0.497 e. The third-order valence-corrected chi connectivity index (χ3v) is 6.47. The Balaban J connectivity index is 2.99. The van der Waals surface area contributed by atoms with E-state index in [4.69, 9.17) is 4.74 Å². The zero-order valence-corrected chi connectivity index (χ0v) is 14.1. The van der Waals surface area contributed by atoms with Crippen LogP contribution in [0.3, 0.4) is 0 Å². The summed E-state index contributed by atoms with van der Waals surface area (Å²) in [7, 11) is -2.00. The molecule has 0 heterocycles. The molecule has 1 aromatic rings. The number of methoxy groups -OCH3 is 1. The molecule has 1 N–H and O–H groups in total. The topological polar surface area (TPSA) is 55.4 Å². The molecule has 0 aliphatic rings. The van der Waals surface area contributed by atoms with Gasteiger partial charge in [0.05, 0.1) is 12.0 Å². The van der Waals surface area contributed by atoms with E-state index in [0.717, 1.165) is 0 Å². The zero-order chi connectivity index (χ0) is 13.8. The number of nitrogens with one attached hydrogen (secondary N) is 1. The standard InChI is InChI=1S/C11H15Br2NO3S/c1-11(7-12,8-13)14-18(15,16)10-5-3-9(17-2)4-6-10/h3-6,14H,7-8H2,1-2H3. The predicted octanol–water partition coefficient (Wildman–Crippen LogP) is 2.52. The van der Waals surface area contributed by atoms with Gasteiger partial charge in [-0.15, -0.1) is 0 Å². The van der Waals surface area contributed by atoms with Gasteiger partial charge in [0.1, 0.15) is 5.75 Å². The molecular weight excluding hydrogens is 386 g/mol. The van der Waals surface area contributed by atoms with Crippen molar-refractivity contribution in [3.05, 3.63) is 24.3 Å². The Labute approximate surface area is 124 Å². The highest BCUT2D eigenvalue weighted by Gasteiger charge is 2.28. The molecule has 0 radical (unpaired) electrons. The molecule has 1 rings (SSSR count). The van der Waals surface area contributed by atoms with Gasteiger partial charge in [-0.1, -0.05) is 31.9 Å². The van der Waals surface area contributed by atoms with Gasteiger partial charge in [0, 0.05) is 16.2 Å². The average Bonchev–Trinajstić information content (AvgIpc) is 2.38. The quantitative estimate of drug-likeness (QED) is 0.746. The summed E-state index contributed by atoms with van der Waals surface area (Å²) in [6, 6.07) is 6.27. The summed E-state index contributed by atoms with van der Waals surface area (Å²) in [5.74, 6) is 0.623. The highest BCUT2D eigenvalue weighted by molar-refractivity contribution is 9.09. The summed E-state index contributed by atoms with van der Waals surface area (Å²) in [6.07, 6.45) is 0. The van der Waals surface area contributed by atoms with Crippen LogP contribution in [0.15, 0.2) is 29.2 Å².